The molecule has 1 atom stereocenters. The largest absolute Gasteiger partial charge is 0.355 e. The molecule has 1 aromatic rings. The van der Waals surface area contributed by atoms with Gasteiger partial charge in [-0.15, -0.1) is 10.2 Å². The van der Waals surface area contributed by atoms with E-state index in [1.165, 1.54) is 0 Å². The number of aryl methyl sites for hydroxylation is 1. The first-order valence-electron chi connectivity index (χ1n) is 6.11. The van der Waals surface area contributed by atoms with Crippen LogP contribution in [0.1, 0.15) is 25.1 Å². The Morgan fingerprint density at radius 3 is 3.24 bits per heavy atom. The van der Waals surface area contributed by atoms with Crippen molar-refractivity contribution in [3.63, 3.8) is 0 Å². The summed E-state index contributed by atoms with van der Waals surface area (Å²) in [6.07, 6.45) is 5.58. The van der Waals surface area contributed by atoms with Gasteiger partial charge in [0.2, 0.25) is 5.91 Å². The number of hydrogen-bond donors (Lipinski definition) is 2. The molecule has 6 nitrogen and oxygen atoms in total. The monoisotopic (exact) mass is 237 g/mol. The number of rotatable bonds is 4. The molecule has 1 aromatic heterocycles. The maximum Gasteiger partial charge on any atom is 0.237 e. The van der Waals surface area contributed by atoms with Crippen LogP contribution in [-0.2, 0) is 18.3 Å². The molecule has 1 fully saturated rings. The number of hydrogen-bond acceptors (Lipinski definition) is 4. The van der Waals surface area contributed by atoms with Gasteiger partial charge in [0.25, 0.3) is 0 Å². The van der Waals surface area contributed by atoms with Crippen LogP contribution < -0.4 is 10.6 Å². The minimum Gasteiger partial charge on any atom is -0.355 e. The summed E-state index contributed by atoms with van der Waals surface area (Å²) in [5.74, 6) is 1.06. The number of carbonyl (C=O) groups excluding carboxylic acids is 1. The molecule has 1 aliphatic heterocycles. The minimum atomic E-state index is -0.0503. The van der Waals surface area contributed by atoms with Crippen molar-refractivity contribution >= 4 is 5.91 Å². The Morgan fingerprint density at radius 2 is 2.47 bits per heavy atom. The van der Waals surface area contributed by atoms with Gasteiger partial charge in [-0.3, -0.25) is 4.79 Å². The molecular formula is C11H19N5O. The van der Waals surface area contributed by atoms with Crippen molar-refractivity contribution in [2.45, 2.75) is 31.7 Å². The summed E-state index contributed by atoms with van der Waals surface area (Å²) in [7, 11) is 1.92. The highest BCUT2D eigenvalue weighted by Crippen LogP contribution is 2.05. The summed E-state index contributed by atoms with van der Waals surface area (Å²) in [4.78, 5) is 11.7. The molecule has 1 unspecified atom stereocenters. The topological polar surface area (TPSA) is 71.8 Å². The molecule has 0 bridgehead atoms. The molecule has 0 radical (unpaired) electrons. The summed E-state index contributed by atoms with van der Waals surface area (Å²) >= 11 is 0. The minimum absolute atomic E-state index is 0.0503. The van der Waals surface area contributed by atoms with E-state index in [1.54, 1.807) is 6.33 Å². The Labute approximate surface area is 101 Å². The molecule has 2 heterocycles. The lowest BCUT2D eigenvalue weighted by molar-refractivity contribution is -0.122. The van der Waals surface area contributed by atoms with Crippen molar-refractivity contribution in [3.8, 4) is 0 Å². The Hall–Kier alpha value is -1.43. The van der Waals surface area contributed by atoms with E-state index in [9.17, 15) is 4.79 Å². The third-order valence-corrected chi connectivity index (χ3v) is 3.08. The lowest BCUT2D eigenvalue weighted by Crippen LogP contribution is -2.43. The molecule has 0 spiro atoms. The lowest BCUT2D eigenvalue weighted by Gasteiger charge is -2.14. The first kappa shape index (κ1) is 12.0. The van der Waals surface area contributed by atoms with Crippen LogP contribution in [0.25, 0.3) is 0 Å². The van der Waals surface area contributed by atoms with Crippen LogP contribution >= 0.6 is 0 Å². The summed E-state index contributed by atoms with van der Waals surface area (Å²) in [6, 6.07) is -0.0503. The zero-order valence-electron chi connectivity index (χ0n) is 10.1. The van der Waals surface area contributed by atoms with Crippen LogP contribution in [-0.4, -0.2) is 39.8 Å². The van der Waals surface area contributed by atoms with Crippen LogP contribution in [0.15, 0.2) is 6.33 Å². The van der Waals surface area contributed by atoms with Crippen molar-refractivity contribution in [3.05, 3.63) is 12.2 Å². The second-order valence-electron chi connectivity index (χ2n) is 4.40. The van der Waals surface area contributed by atoms with E-state index in [0.717, 1.165) is 44.6 Å². The third-order valence-electron chi connectivity index (χ3n) is 3.08. The molecule has 2 rings (SSSR count). The average molecular weight is 237 g/mol. The number of nitrogens with zero attached hydrogens (tertiary/aromatic N) is 3. The van der Waals surface area contributed by atoms with Crippen molar-refractivity contribution in [2.24, 2.45) is 7.05 Å². The number of aromatic nitrogens is 3. The molecule has 1 aliphatic rings. The van der Waals surface area contributed by atoms with E-state index in [4.69, 9.17) is 0 Å². The summed E-state index contributed by atoms with van der Waals surface area (Å²) in [5, 5.41) is 14.0. The normalized spacial score (nSPS) is 21.0. The third kappa shape index (κ3) is 3.26. The molecular weight excluding hydrogens is 218 g/mol. The molecule has 0 saturated carbocycles. The maximum atomic E-state index is 11.7. The van der Waals surface area contributed by atoms with Crippen LogP contribution in [0, 0.1) is 0 Å². The lowest BCUT2D eigenvalue weighted by atomic mass is 10.1. The average Bonchev–Trinajstić information content (AvgIpc) is 2.60. The van der Waals surface area contributed by atoms with Gasteiger partial charge in [-0.1, -0.05) is 0 Å². The van der Waals surface area contributed by atoms with Crippen molar-refractivity contribution in [1.82, 2.24) is 25.4 Å². The smallest absolute Gasteiger partial charge is 0.237 e. The van der Waals surface area contributed by atoms with Gasteiger partial charge < -0.3 is 15.2 Å². The second-order valence-corrected chi connectivity index (χ2v) is 4.40. The van der Waals surface area contributed by atoms with Gasteiger partial charge in [-0.2, -0.15) is 0 Å². The van der Waals surface area contributed by atoms with E-state index in [2.05, 4.69) is 20.8 Å². The number of nitrogens with one attached hydrogen (secondary N) is 2. The Morgan fingerprint density at radius 1 is 1.59 bits per heavy atom. The molecule has 17 heavy (non-hydrogen) atoms. The molecule has 0 aromatic carbocycles. The SMILES string of the molecule is Cn1cnnc1CCNC1CCCCNC1=O. The molecule has 1 saturated heterocycles. The predicted molar refractivity (Wildman–Crippen MR) is 63.4 cm³/mol. The summed E-state index contributed by atoms with van der Waals surface area (Å²) in [6.45, 7) is 1.56. The van der Waals surface area contributed by atoms with E-state index in [1.807, 2.05) is 11.6 Å². The second kappa shape index (κ2) is 5.77. The van der Waals surface area contributed by atoms with Gasteiger partial charge in [-0.25, -0.2) is 0 Å². The molecule has 94 valence electrons. The van der Waals surface area contributed by atoms with Crippen LogP contribution in [0.3, 0.4) is 0 Å². The van der Waals surface area contributed by atoms with Gasteiger partial charge in [0.15, 0.2) is 0 Å². The van der Waals surface area contributed by atoms with E-state index in [-0.39, 0.29) is 11.9 Å². The van der Waals surface area contributed by atoms with Crippen LogP contribution in [0.2, 0.25) is 0 Å². The Bertz CT molecular complexity index is 376. The fourth-order valence-electron chi connectivity index (χ4n) is 2.03. The van der Waals surface area contributed by atoms with Gasteiger partial charge >= 0.3 is 0 Å². The fourth-order valence-corrected chi connectivity index (χ4v) is 2.03. The Balaban J connectivity index is 1.77. The fraction of sp³-hybridized carbons (Fsp3) is 0.727. The van der Waals surface area contributed by atoms with Gasteiger partial charge in [0.05, 0.1) is 6.04 Å². The van der Waals surface area contributed by atoms with Crippen LogP contribution in [0.5, 0.6) is 0 Å². The van der Waals surface area contributed by atoms with Gasteiger partial charge in [-0.05, 0) is 19.3 Å². The molecule has 1 amide bonds. The molecule has 0 aliphatic carbocycles. The summed E-state index contributed by atoms with van der Waals surface area (Å²) in [5.41, 5.74) is 0. The van der Waals surface area contributed by atoms with Crippen molar-refractivity contribution in [2.75, 3.05) is 13.1 Å². The number of carbonyl (C=O) groups is 1. The van der Waals surface area contributed by atoms with E-state index < -0.39 is 0 Å². The predicted octanol–water partition coefficient (Wildman–Crippen LogP) is -0.384. The highest BCUT2D eigenvalue weighted by Gasteiger charge is 2.19. The van der Waals surface area contributed by atoms with Crippen LogP contribution in [0.4, 0.5) is 0 Å². The highest BCUT2D eigenvalue weighted by molar-refractivity contribution is 5.81. The van der Waals surface area contributed by atoms with Crippen molar-refractivity contribution < 1.29 is 4.79 Å². The standard InChI is InChI=1S/C11H19N5O/c1-16-8-14-15-10(16)5-7-12-9-4-2-3-6-13-11(9)17/h8-9,12H,2-7H2,1H3,(H,13,17). The molecule has 2 N–H and O–H groups in total. The maximum absolute atomic E-state index is 11.7. The Kier molecular flexibility index (Phi) is 4.08. The first-order chi connectivity index (χ1) is 8.27. The molecule has 6 heteroatoms. The zero-order chi connectivity index (χ0) is 12.1. The number of amides is 1. The summed E-state index contributed by atoms with van der Waals surface area (Å²) < 4.78 is 1.90. The van der Waals surface area contributed by atoms with E-state index >= 15 is 0 Å². The van der Waals surface area contributed by atoms with Crippen molar-refractivity contribution in [1.29, 1.82) is 0 Å². The highest BCUT2D eigenvalue weighted by atomic mass is 16.2. The van der Waals surface area contributed by atoms with Gasteiger partial charge in [0, 0.05) is 26.6 Å². The quantitative estimate of drug-likeness (QED) is 0.748. The van der Waals surface area contributed by atoms with Gasteiger partial charge in [0.1, 0.15) is 12.2 Å². The zero-order valence-corrected chi connectivity index (χ0v) is 10.1. The first-order valence-corrected chi connectivity index (χ1v) is 6.11. The van der Waals surface area contributed by atoms with E-state index in [0.29, 0.717) is 0 Å².